The zero-order chi connectivity index (χ0) is 16.1. The molecule has 1 aromatic carbocycles. The van der Waals surface area contributed by atoms with Crippen molar-refractivity contribution < 1.29 is 14.5 Å². The summed E-state index contributed by atoms with van der Waals surface area (Å²) < 4.78 is 5.34. The van der Waals surface area contributed by atoms with Crippen molar-refractivity contribution in [2.24, 2.45) is 5.92 Å². The molecule has 0 aromatic heterocycles. The maximum atomic E-state index is 12.7. The van der Waals surface area contributed by atoms with E-state index < -0.39 is 4.92 Å². The maximum Gasteiger partial charge on any atom is 0.270 e. The van der Waals surface area contributed by atoms with E-state index in [0.717, 1.165) is 13.0 Å². The molecule has 1 amide bonds. The fraction of sp³-hybridized carbons (Fsp3) is 0.533. The van der Waals surface area contributed by atoms with Crippen LogP contribution in [0.1, 0.15) is 23.7 Å². The second-order valence-corrected chi connectivity index (χ2v) is 5.31. The third-order valence-corrected chi connectivity index (χ3v) is 3.89. The summed E-state index contributed by atoms with van der Waals surface area (Å²) in [7, 11) is 1.69. The molecule has 1 N–H and O–H groups in total. The predicted octanol–water partition coefficient (Wildman–Crippen LogP) is 2.14. The summed E-state index contributed by atoms with van der Waals surface area (Å²) in [5.41, 5.74) is 0.844. The van der Waals surface area contributed by atoms with Crippen molar-refractivity contribution >= 4 is 17.3 Å². The summed E-state index contributed by atoms with van der Waals surface area (Å²) in [5.74, 6) is 0.142. The van der Waals surface area contributed by atoms with Crippen LogP contribution < -0.4 is 5.32 Å². The molecular formula is C15H21N3O4. The van der Waals surface area contributed by atoms with Crippen molar-refractivity contribution in [1.29, 1.82) is 0 Å². The first-order valence-electron chi connectivity index (χ1n) is 7.40. The number of nitro groups is 1. The number of nitrogens with zero attached hydrogens (tertiary/aromatic N) is 2. The first kappa shape index (κ1) is 16.2. The molecule has 1 aromatic rings. The summed E-state index contributed by atoms with van der Waals surface area (Å²) in [4.78, 5) is 24.9. The largest absolute Gasteiger partial charge is 0.387 e. The van der Waals surface area contributed by atoms with Crippen LogP contribution in [0.2, 0.25) is 0 Å². The number of carbonyl (C=O) groups excluding carboxylic acids is 1. The fourth-order valence-electron chi connectivity index (χ4n) is 2.61. The molecule has 0 spiro atoms. The number of rotatable bonds is 6. The van der Waals surface area contributed by atoms with E-state index in [2.05, 4.69) is 5.32 Å². The Balaban J connectivity index is 2.24. The second kappa shape index (κ2) is 7.22. The highest BCUT2D eigenvalue weighted by Crippen LogP contribution is 2.24. The molecule has 1 atom stereocenters. The Labute approximate surface area is 129 Å². The van der Waals surface area contributed by atoms with E-state index in [0.29, 0.717) is 36.9 Å². The average Bonchev–Trinajstić information content (AvgIpc) is 3.04. The molecule has 1 aliphatic heterocycles. The standard InChI is InChI=1S/C15H21N3O4/c1-3-17(9-11-6-7-22-10-11)15(19)13-8-12(18(20)21)4-5-14(13)16-2/h4-5,8,11,16H,3,6-7,9-10H2,1-2H3/t11-/m1/s1. The molecule has 1 fully saturated rings. The van der Waals surface area contributed by atoms with Crippen LogP contribution in [-0.2, 0) is 4.74 Å². The number of nitro benzene ring substituents is 1. The highest BCUT2D eigenvalue weighted by molar-refractivity contribution is 6.00. The summed E-state index contributed by atoms with van der Waals surface area (Å²) in [6, 6.07) is 4.30. The molecule has 1 heterocycles. The lowest BCUT2D eigenvalue weighted by Gasteiger charge is -2.24. The molecule has 0 saturated carbocycles. The molecule has 120 valence electrons. The summed E-state index contributed by atoms with van der Waals surface area (Å²) in [5, 5.41) is 13.9. The monoisotopic (exact) mass is 307 g/mol. The van der Waals surface area contributed by atoms with Gasteiger partial charge in [-0.25, -0.2) is 0 Å². The first-order chi connectivity index (χ1) is 10.6. The van der Waals surface area contributed by atoms with E-state index in [4.69, 9.17) is 4.74 Å². The van der Waals surface area contributed by atoms with Gasteiger partial charge < -0.3 is 15.0 Å². The smallest absolute Gasteiger partial charge is 0.270 e. The minimum absolute atomic E-state index is 0.0809. The van der Waals surface area contributed by atoms with E-state index in [9.17, 15) is 14.9 Å². The maximum absolute atomic E-state index is 12.7. The highest BCUT2D eigenvalue weighted by Gasteiger charge is 2.25. The van der Waals surface area contributed by atoms with Crippen LogP contribution in [0.5, 0.6) is 0 Å². The van der Waals surface area contributed by atoms with Gasteiger partial charge in [-0.05, 0) is 19.4 Å². The Hall–Kier alpha value is -2.15. The fourth-order valence-corrected chi connectivity index (χ4v) is 2.61. The molecule has 2 rings (SSSR count). The molecule has 0 unspecified atom stereocenters. The quantitative estimate of drug-likeness (QED) is 0.643. The van der Waals surface area contributed by atoms with Gasteiger partial charge in [0.15, 0.2) is 0 Å². The minimum Gasteiger partial charge on any atom is -0.387 e. The lowest BCUT2D eigenvalue weighted by molar-refractivity contribution is -0.384. The second-order valence-electron chi connectivity index (χ2n) is 5.31. The van der Waals surface area contributed by atoms with E-state index in [1.54, 1.807) is 18.0 Å². The van der Waals surface area contributed by atoms with Gasteiger partial charge in [0.2, 0.25) is 0 Å². The van der Waals surface area contributed by atoms with Gasteiger partial charge >= 0.3 is 0 Å². The van der Waals surface area contributed by atoms with Gasteiger partial charge in [-0.3, -0.25) is 14.9 Å². The van der Waals surface area contributed by atoms with Gasteiger partial charge in [0, 0.05) is 50.5 Å². The van der Waals surface area contributed by atoms with E-state index in [-0.39, 0.29) is 11.6 Å². The van der Waals surface area contributed by atoms with Crippen molar-refractivity contribution in [2.75, 3.05) is 38.7 Å². The van der Waals surface area contributed by atoms with Crippen molar-refractivity contribution in [2.45, 2.75) is 13.3 Å². The zero-order valence-electron chi connectivity index (χ0n) is 12.9. The normalized spacial score (nSPS) is 17.3. The summed E-state index contributed by atoms with van der Waals surface area (Å²) in [6.07, 6.45) is 0.942. The van der Waals surface area contributed by atoms with Crippen LogP contribution in [0.4, 0.5) is 11.4 Å². The molecule has 1 saturated heterocycles. The van der Waals surface area contributed by atoms with Gasteiger partial charge in [-0.1, -0.05) is 0 Å². The molecular weight excluding hydrogens is 286 g/mol. The Morgan fingerprint density at radius 3 is 2.86 bits per heavy atom. The van der Waals surface area contributed by atoms with Crippen molar-refractivity contribution in [3.63, 3.8) is 0 Å². The molecule has 1 aliphatic rings. The van der Waals surface area contributed by atoms with E-state index in [1.807, 2.05) is 6.92 Å². The van der Waals surface area contributed by atoms with E-state index in [1.165, 1.54) is 12.1 Å². The summed E-state index contributed by atoms with van der Waals surface area (Å²) >= 11 is 0. The Morgan fingerprint density at radius 1 is 1.55 bits per heavy atom. The number of hydrogen-bond acceptors (Lipinski definition) is 5. The number of benzene rings is 1. The van der Waals surface area contributed by atoms with Crippen molar-refractivity contribution in [3.8, 4) is 0 Å². The Kier molecular flexibility index (Phi) is 5.32. The van der Waals surface area contributed by atoms with Crippen molar-refractivity contribution in [1.82, 2.24) is 4.90 Å². The summed E-state index contributed by atoms with van der Waals surface area (Å²) in [6.45, 7) is 4.47. The topological polar surface area (TPSA) is 84.7 Å². The molecule has 7 nitrogen and oxygen atoms in total. The number of hydrogen-bond donors (Lipinski definition) is 1. The van der Waals surface area contributed by atoms with Crippen molar-refractivity contribution in [3.05, 3.63) is 33.9 Å². The molecule has 0 bridgehead atoms. The number of ether oxygens (including phenoxy) is 1. The third-order valence-electron chi connectivity index (χ3n) is 3.89. The van der Waals surface area contributed by atoms with Gasteiger partial charge in [-0.2, -0.15) is 0 Å². The van der Waals surface area contributed by atoms with Crippen LogP contribution in [0.25, 0.3) is 0 Å². The van der Waals surface area contributed by atoms with Gasteiger partial charge in [0.1, 0.15) is 0 Å². The van der Waals surface area contributed by atoms with Gasteiger partial charge in [-0.15, -0.1) is 0 Å². The zero-order valence-corrected chi connectivity index (χ0v) is 12.9. The van der Waals surface area contributed by atoms with E-state index >= 15 is 0 Å². The highest BCUT2D eigenvalue weighted by atomic mass is 16.6. The number of anilines is 1. The van der Waals surface area contributed by atoms with Crippen LogP contribution in [-0.4, -0.2) is 49.1 Å². The predicted molar refractivity (Wildman–Crippen MR) is 83.1 cm³/mol. The molecule has 0 aliphatic carbocycles. The molecule has 22 heavy (non-hydrogen) atoms. The van der Waals surface area contributed by atoms with Crippen LogP contribution in [0.15, 0.2) is 18.2 Å². The van der Waals surface area contributed by atoms with Crippen LogP contribution in [0, 0.1) is 16.0 Å². The minimum atomic E-state index is -0.489. The number of carbonyl (C=O) groups is 1. The SMILES string of the molecule is CCN(C[C@H]1CCOC1)C(=O)c1cc([N+](=O)[O-])ccc1NC. The third kappa shape index (κ3) is 3.54. The van der Waals surface area contributed by atoms with Gasteiger partial charge in [0.05, 0.1) is 17.1 Å². The average molecular weight is 307 g/mol. The van der Waals surface area contributed by atoms with Gasteiger partial charge in [0.25, 0.3) is 11.6 Å². The lowest BCUT2D eigenvalue weighted by Crippen LogP contribution is -2.35. The Bertz CT molecular complexity index is 556. The van der Waals surface area contributed by atoms with Crippen LogP contribution in [0.3, 0.4) is 0 Å². The Morgan fingerprint density at radius 2 is 2.32 bits per heavy atom. The molecule has 7 heteroatoms. The number of amides is 1. The number of non-ortho nitro benzene ring substituents is 1. The van der Waals surface area contributed by atoms with Crippen LogP contribution >= 0.6 is 0 Å². The molecule has 0 radical (unpaired) electrons. The lowest BCUT2D eigenvalue weighted by atomic mass is 10.1. The first-order valence-corrected chi connectivity index (χ1v) is 7.40. The number of nitrogens with one attached hydrogen (secondary N) is 1.